The van der Waals surface area contributed by atoms with Gasteiger partial charge in [0, 0.05) is 55.9 Å². The second-order valence-corrected chi connectivity index (χ2v) is 11.6. The van der Waals surface area contributed by atoms with Crippen molar-refractivity contribution in [2.45, 2.75) is 26.4 Å². The maximum atomic E-state index is 13.9. The summed E-state index contributed by atoms with van der Waals surface area (Å²) in [5.41, 5.74) is 7.99. The van der Waals surface area contributed by atoms with E-state index in [0.29, 0.717) is 46.0 Å². The van der Waals surface area contributed by atoms with E-state index >= 15 is 0 Å². The van der Waals surface area contributed by atoms with E-state index in [0.717, 1.165) is 18.6 Å². The molecule has 0 aliphatic rings. The molecule has 0 unspecified atom stereocenters. The van der Waals surface area contributed by atoms with Crippen LogP contribution in [0.5, 0.6) is 0 Å². The molecule has 4 N–H and O–H groups in total. The first-order valence-corrected chi connectivity index (χ1v) is 16.6. The van der Waals surface area contributed by atoms with Crippen molar-refractivity contribution in [2.75, 3.05) is 14.1 Å². The largest absolute Gasteiger partial charge is 0.382 e. The Labute approximate surface area is 325 Å². The molecule has 0 aliphatic heterocycles. The van der Waals surface area contributed by atoms with Crippen LogP contribution >= 0.6 is 0 Å². The van der Waals surface area contributed by atoms with Crippen molar-refractivity contribution >= 4 is 12.0 Å². The van der Waals surface area contributed by atoms with Crippen LogP contribution in [-0.4, -0.2) is 80.8 Å². The number of amidine groups is 1. The van der Waals surface area contributed by atoms with Gasteiger partial charge in [0.05, 0.1) is 43.1 Å². The second-order valence-electron chi connectivity index (χ2n) is 11.6. The van der Waals surface area contributed by atoms with Crippen LogP contribution in [-0.2, 0) is 22.7 Å². The fourth-order valence-electron chi connectivity index (χ4n) is 4.69. The van der Waals surface area contributed by atoms with Crippen molar-refractivity contribution in [3.8, 4) is 34.3 Å². The molecule has 7 aromatic heterocycles. The lowest BCUT2D eigenvalue weighted by Gasteiger charge is -2.06. The summed E-state index contributed by atoms with van der Waals surface area (Å²) in [4.78, 5) is 43.0. The molecule has 0 saturated carbocycles. The highest BCUT2D eigenvalue weighted by atomic mass is 19.1. The first kappa shape index (κ1) is 42.9. The number of aromatic amines is 1. The van der Waals surface area contributed by atoms with Crippen LogP contribution in [0.4, 0.5) is 17.6 Å². The lowest BCUT2D eigenvalue weighted by atomic mass is 10.2. The topological polar surface area (TPSA) is 246 Å². The van der Waals surface area contributed by atoms with Gasteiger partial charge in [0.15, 0.2) is 5.82 Å². The number of nitrogens with two attached hydrogens (primary N) is 1. The monoisotopic (exact) mass is 803 g/mol. The minimum Gasteiger partial charge on any atom is -0.382 e. The molecule has 0 amide bonds. The first-order chi connectivity index (χ1) is 27.8. The number of nitrogen functional groups attached to an aromatic ring is 1. The number of H-pyrrole nitrogens is 1. The van der Waals surface area contributed by atoms with E-state index < -0.39 is 23.0 Å². The third-order valence-electron chi connectivity index (χ3n) is 7.32. The van der Waals surface area contributed by atoms with Gasteiger partial charge in [-0.2, -0.15) is 24.2 Å². The predicted octanol–water partition coefficient (Wildman–Crippen LogP) is 4.60. The zero-order valence-corrected chi connectivity index (χ0v) is 30.8. The first-order valence-electron chi connectivity index (χ1n) is 16.6. The van der Waals surface area contributed by atoms with Crippen molar-refractivity contribution in [2.24, 2.45) is 5.73 Å². The van der Waals surface area contributed by atoms with E-state index in [4.69, 9.17) is 29.8 Å². The molecule has 0 spiro atoms. The van der Waals surface area contributed by atoms with E-state index in [-0.39, 0.29) is 42.4 Å². The molecule has 58 heavy (non-hydrogen) atoms. The number of pyridine rings is 2. The second kappa shape index (κ2) is 20.7. The zero-order valence-electron chi connectivity index (χ0n) is 30.8. The van der Waals surface area contributed by atoms with E-state index in [9.17, 15) is 22.4 Å². The fraction of sp³-hybridized carbons (Fsp3) is 0.167. The van der Waals surface area contributed by atoms with Gasteiger partial charge >= 0.3 is 6.15 Å². The molecule has 18 nitrogen and oxygen atoms in total. The van der Waals surface area contributed by atoms with E-state index in [2.05, 4.69) is 40.4 Å². The Hall–Kier alpha value is -7.87. The zero-order chi connectivity index (χ0) is 42.2. The number of allylic oxidation sites excluding steroid dienone is 1. The van der Waals surface area contributed by atoms with Crippen molar-refractivity contribution < 1.29 is 36.2 Å². The fourth-order valence-corrected chi connectivity index (χ4v) is 4.69. The van der Waals surface area contributed by atoms with Crippen molar-refractivity contribution in [3.05, 3.63) is 137 Å². The molecule has 0 aromatic carbocycles. The number of nitrogens with zero attached hydrogens (tertiary/aromatic N) is 10. The average molecular weight is 804 g/mol. The number of carbonyl (C=O) groups excluding carboxylic acids is 2. The van der Waals surface area contributed by atoms with Gasteiger partial charge < -0.3 is 24.7 Å². The molecule has 0 atom stereocenters. The Morgan fingerprint density at radius 3 is 1.83 bits per heavy atom. The van der Waals surface area contributed by atoms with Gasteiger partial charge in [-0.25, -0.2) is 18.2 Å². The van der Waals surface area contributed by atoms with Crippen LogP contribution in [0.3, 0.4) is 0 Å². The molecule has 7 heterocycles. The summed E-state index contributed by atoms with van der Waals surface area (Å²) in [5.74, 6) is -2.07. The minimum atomic E-state index is -0.997. The molecule has 0 bridgehead atoms. The van der Waals surface area contributed by atoms with Crippen LogP contribution in [0.1, 0.15) is 30.2 Å². The Morgan fingerprint density at radius 1 is 0.862 bits per heavy atom. The molecule has 300 valence electrons. The van der Waals surface area contributed by atoms with Crippen molar-refractivity contribution in [1.29, 1.82) is 5.41 Å². The van der Waals surface area contributed by atoms with Gasteiger partial charge in [-0.1, -0.05) is 17.2 Å². The molecule has 0 radical (unpaired) electrons. The predicted molar refractivity (Wildman–Crippen MR) is 195 cm³/mol. The SMILES string of the molecule is CCC(F)=CN(C)C.N=C(N)c1cc(-c2ccon2)n(Cc2ccncc2F)n1.O=C=O.O=c1[nH]c(-c2cc(-c3ccon3)n(Cc3ccncc3F)n2)ncc1F. The standard InChI is InChI=1S/C16H10F2N6O2.C13H11FN6O.C6H12FN.CO2/c17-10-6-19-3-1-9(10)8-24-14(12-2-4-26-23-12)5-13(22-24)15-20-7-11(18)16(25)21-15;14-9-6-17-3-1-8(9)7-20-12(10-2-4-21-19-10)5-11(18-20)13(15)16;1-4-6(7)5-8(2)3;2-1-3/h1-7H,8H2,(H,20,21,25);1-6H,7H2,(H3,15,16);5H,4H2,1-3H3;. The van der Waals surface area contributed by atoms with Crippen LogP contribution in [0.2, 0.25) is 0 Å². The molecule has 22 heteroatoms. The van der Waals surface area contributed by atoms with Gasteiger partial charge in [-0.15, -0.1) is 0 Å². The third-order valence-corrected chi connectivity index (χ3v) is 7.32. The number of aromatic nitrogens is 10. The molecular formula is C36H33F4N13O5. The van der Waals surface area contributed by atoms with E-state index in [1.807, 2.05) is 0 Å². The van der Waals surface area contributed by atoms with Crippen LogP contribution in [0, 0.1) is 22.9 Å². The average Bonchev–Trinajstić information content (AvgIpc) is 4.03. The summed E-state index contributed by atoms with van der Waals surface area (Å²) in [5, 5.41) is 23.7. The summed E-state index contributed by atoms with van der Waals surface area (Å²) in [6.07, 6.45) is 11.0. The number of rotatable bonds is 10. The summed E-state index contributed by atoms with van der Waals surface area (Å²) in [7, 11) is 3.60. The minimum absolute atomic E-state index is 0.0741. The Bertz CT molecular complexity index is 2530. The molecule has 7 aromatic rings. The highest BCUT2D eigenvalue weighted by molar-refractivity contribution is 5.94. The van der Waals surface area contributed by atoms with E-state index in [1.165, 1.54) is 46.5 Å². The maximum absolute atomic E-state index is 13.9. The van der Waals surface area contributed by atoms with Crippen molar-refractivity contribution in [1.82, 2.24) is 54.7 Å². The highest BCUT2D eigenvalue weighted by Gasteiger charge is 2.18. The summed E-state index contributed by atoms with van der Waals surface area (Å²) >= 11 is 0. The van der Waals surface area contributed by atoms with Crippen LogP contribution in [0.15, 0.2) is 106 Å². The van der Waals surface area contributed by atoms with Crippen LogP contribution in [0.25, 0.3) is 34.3 Å². The lowest BCUT2D eigenvalue weighted by molar-refractivity contribution is -0.191. The quantitative estimate of drug-likeness (QED) is 0.0972. The smallest absolute Gasteiger partial charge is 0.373 e. The Morgan fingerprint density at radius 2 is 1.40 bits per heavy atom. The molecule has 7 rings (SSSR count). The van der Waals surface area contributed by atoms with Gasteiger partial charge in [0.25, 0.3) is 5.56 Å². The highest BCUT2D eigenvalue weighted by Crippen LogP contribution is 2.25. The third kappa shape index (κ3) is 11.8. The number of hydrogen-bond donors (Lipinski definition) is 3. The normalized spacial score (nSPS) is 10.6. The molecule has 0 fully saturated rings. The Balaban J connectivity index is 0.000000208. The van der Waals surface area contributed by atoms with Gasteiger partial charge in [-0.3, -0.25) is 29.5 Å². The van der Waals surface area contributed by atoms with Crippen LogP contribution < -0.4 is 11.3 Å². The summed E-state index contributed by atoms with van der Waals surface area (Å²) < 4.78 is 65.7. The maximum Gasteiger partial charge on any atom is 0.373 e. The molecule has 0 aliphatic carbocycles. The number of hydrogen-bond acceptors (Lipinski definition) is 14. The molecular weight excluding hydrogens is 770 g/mol. The number of halogens is 4. The van der Waals surface area contributed by atoms with Crippen molar-refractivity contribution in [3.63, 3.8) is 0 Å². The van der Waals surface area contributed by atoms with Gasteiger partial charge in [-0.05, 0) is 30.7 Å². The van der Waals surface area contributed by atoms with E-state index in [1.54, 1.807) is 56.3 Å². The molecule has 0 saturated heterocycles. The summed E-state index contributed by atoms with van der Waals surface area (Å²) in [6.45, 7) is 2.04. The van der Waals surface area contributed by atoms with Gasteiger partial charge in [0.1, 0.15) is 58.6 Å². The number of nitrogens with one attached hydrogen (secondary N) is 2. The Kier molecular flexibility index (Phi) is 15.3. The van der Waals surface area contributed by atoms with Gasteiger partial charge in [0.2, 0.25) is 5.82 Å². The summed E-state index contributed by atoms with van der Waals surface area (Å²) in [6, 6.07) is 9.56. The lowest BCUT2D eigenvalue weighted by Crippen LogP contribution is -2.13.